The minimum Gasteiger partial charge on any atom is -0.364 e. The second-order valence-corrected chi connectivity index (χ2v) is 10.3. The summed E-state index contributed by atoms with van der Waals surface area (Å²) in [5.74, 6) is 1.01. The third-order valence-electron chi connectivity index (χ3n) is 5.89. The van der Waals surface area contributed by atoms with Crippen molar-refractivity contribution in [3.8, 4) is 0 Å². The number of amides is 4. The molecule has 1 saturated heterocycles. The number of carbonyl (C=O) groups is 3. The Morgan fingerprint density at radius 3 is 2.67 bits per heavy atom. The van der Waals surface area contributed by atoms with Gasteiger partial charge in [-0.2, -0.15) is 0 Å². The van der Waals surface area contributed by atoms with Crippen molar-refractivity contribution in [2.24, 2.45) is 0 Å². The smallest absolute Gasteiger partial charge is 0.328 e. The van der Waals surface area contributed by atoms with Crippen LogP contribution in [0.5, 0.6) is 0 Å². The molecule has 1 aromatic carbocycles. The lowest BCUT2D eigenvalue weighted by Gasteiger charge is -2.26. The number of urea groups is 1. The van der Waals surface area contributed by atoms with E-state index in [4.69, 9.17) is 11.6 Å². The average Bonchev–Trinajstić information content (AvgIpc) is 3.38. The lowest BCUT2D eigenvalue weighted by Crippen LogP contribution is -2.49. The first-order valence-corrected chi connectivity index (χ1v) is 13.4. The van der Waals surface area contributed by atoms with Crippen LogP contribution in [0.25, 0.3) is 0 Å². The van der Waals surface area contributed by atoms with Gasteiger partial charge >= 0.3 is 6.03 Å². The summed E-state index contributed by atoms with van der Waals surface area (Å²) >= 11 is 7.41. The van der Waals surface area contributed by atoms with E-state index in [2.05, 4.69) is 41.2 Å². The van der Waals surface area contributed by atoms with Gasteiger partial charge in [0.05, 0.1) is 41.0 Å². The number of imide groups is 1. The standard InChI is InChI=1S/C26H24ClN9O3S/c1-14-4-3-5-18(27)23(14)35-24(38)19-13-30-25(40-19)33-21-10-20(31-15(2)32-21)29-11-16-6-7-17(12-28-16)36-9-8-22(37)34-26(36)39/h3-7,10,12-13H,8-9,11H2,1-2H3,(H,35,38)(H,34,37,39)(H2,29,30,31,32,33). The summed E-state index contributed by atoms with van der Waals surface area (Å²) in [6.45, 7) is 4.33. The van der Waals surface area contributed by atoms with E-state index in [1.165, 1.54) is 22.4 Å². The molecule has 0 bridgehead atoms. The number of nitrogens with one attached hydrogen (secondary N) is 4. The Hall–Kier alpha value is -4.62. The van der Waals surface area contributed by atoms with Gasteiger partial charge in [-0.15, -0.1) is 0 Å². The van der Waals surface area contributed by atoms with Crippen molar-refractivity contribution in [2.45, 2.75) is 26.8 Å². The molecule has 40 heavy (non-hydrogen) atoms. The molecule has 4 N–H and O–H groups in total. The molecule has 0 aliphatic carbocycles. The van der Waals surface area contributed by atoms with E-state index >= 15 is 0 Å². The summed E-state index contributed by atoms with van der Waals surface area (Å²) in [6.07, 6.45) is 3.33. The maximum atomic E-state index is 12.7. The van der Waals surface area contributed by atoms with Crippen molar-refractivity contribution in [1.82, 2.24) is 25.3 Å². The van der Waals surface area contributed by atoms with Gasteiger partial charge in [-0.05, 0) is 37.6 Å². The van der Waals surface area contributed by atoms with Crippen LogP contribution in [-0.4, -0.2) is 44.3 Å². The van der Waals surface area contributed by atoms with E-state index in [0.717, 1.165) is 11.3 Å². The zero-order valence-electron chi connectivity index (χ0n) is 21.5. The van der Waals surface area contributed by atoms with Crippen LogP contribution in [0, 0.1) is 13.8 Å². The number of benzene rings is 1. The number of halogens is 1. The molecule has 204 valence electrons. The van der Waals surface area contributed by atoms with Gasteiger partial charge in [-0.3, -0.25) is 24.8 Å². The van der Waals surface area contributed by atoms with Gasteiger partial charge in [0.1, 0.15) is 22.3 Å². The largest absolute Gasteiger partial charge is 0.364 e. The molecular formula is C26H24ClN9O3S. The van der Waals surface area contributed by atoms with Gasteiger partial charge in [0.15, 0.2) is 5.13 Å². The maximum Gasteiger partial charge on any atom is 0.328 e. The molecule has 1 aliphatic rings. The predicted molar refractivity (Wildman–Crippen MR) is 153 cm³/mol. The number of nitrogens with zero attached hydrogens (tertiary/aromatic N) is 5. The number of aryl methyl sites for hydroxylation is 2. The Morgan fingerprint density at radius 1 is 1.10 bits per heavy atom. The molecular weight excluding hydrogens is 554 g/mol. The molecule has 4 aromatic rings. The van der Waals surface area contributed by atoms with Crippen molar-refractivity contribution in [3.05, 3.63) is 75.8 Å². The van der Waals surface area contributed by atoms with Crippen LogP contribution in [0.4, 0.5) is 32.9 Å². The fraction of sp³-hybridized carbons (Fsp3) is 0.192. The number of thiazole rings is 1. The highest BCUT2D eigenvalue weighted by atomic mass is 35.5. The molecule has 0 atom stereocenters. The Morgan fingerprint density at radius 2 is 1.93 bits per heavy atom. The third kappa shape index (κ3) is 6.33. The average molecular weight is 578 g/mol. The molecule has 12 nitrogen and oxygen atoms in total. The SMILES string of the molecule is Cc1nc(NCc2ccc(N3CCC(=O)NC3=O)cn2)cc(Nc2ncc(C(=O)Nc3c(C)cccc3Cl)s2)n1. The van der Waals surface area contributed by atoms with Gasteiger partial charge in [0.2, 0.25) is 5.91 Å². The molecule has 0 saturated carbocycles. The van der Waals surface area contributed by atoms with Crippen molar-refractivity contribution in [3.63, 3.8) is 0 Å². The number of para-hydroxylation sites is 1. The summed E-state index contributed by atoms with van der Waals surface area (Å²) in [5, 5.41) is 12.4. The number of carbonyl (C=O) groups excluding carboxylic acids is 3. The topological polar surface area (TPSA) is 154 Å². The van der Waals surface area contributed by atoms with E-state index in [0.29, 0.717) is 57.0 Å². The quantitative estimate of drug-likeness (QED) is 0.234. The lowest BCUT2D eigenvalue weighted by molar-refractivity contribution is -0.120. The van der Waals surface area contributed by atoms with Gasteiger partial charge in [0, 0.05) is 19.0 Å². The molecule has 1 aliphatic heterocycles. The zero-order chi connectivity index (χ0) is 28.2. The maximum absolute atomic E-state index is 12.7. The van der Waals surface area contributed by atoms with Crippen LogP contribution in [0.1, 0.15) is 33.2 Å². The highest BCUT2D eigenvalue weighted by molar-refractivity contribution is 7.17. The molecule has 0 unspecified atom stereocenters. The minimum absolute atomic E-state index is 0.246. The highest BCUT2D eigenvalue weighted by Crippen LogP contribution is 2.28. The third-order valence-corrected chi connectivity index (χ3v) is 7.11. The molecule has 0 spiro atoms. The van der Waals surface area contributed by atoms with E-state index in [1.807, 2.05) is 19.1 Å². The molecule has 0 radical (unpaired) electrons. The van der Waals surface area contributed by atoms with Gasteiger partial charge < -0.3 is 16.0 Å². The first kappa shape index (κ1) is 27.0. The molecule has 1 fully saturated rings. The van der Waals surface area contributed by atoms with Gasteiger partial charge in [-0.1, -0.05) is 35.1 Å². The van der Waals surface area contributed by atoms with Crippen molar-refractivity contribution in [2.75, 3.05) is 27.4 Å². The van der Waals surface area contributed by atoms with Crippen LogP contribution < -0.4 is 26.2 Å². The molecule has 4 amide bonds. The summed E-state index contributed by atoms with van der Waals surface area (Å²) in [6, 6.07) is 10.3. The number of aromatic nitrogens is 4. The Kier molecular flexibility index (Phi) is 7.84. The van der Waals surface area contributed by atoms with E-state index < -0.39 is 6.03 Å². The van der Waals surface area contributed by atoms with Crippen LogP contribution >= 0.6 is 22.9 Å². The van der Waals surface area contributed by atoms with E-state index in [1.54, 1.807) is 37.4 Å². The molecule has 4 heterocycles. The predicted octanol–water partition coefficient (Wildman–Crippen LogP) is 4.65. The van der Waals surface area contributed by atoms with Crippen molar-refractivity contribution >= 4 is 68.9 Å². The second-order valence-electron chi connectivity index (χ2n) is 8.84. The number of pyridine rings is 1. The number of anilines is 5. The van der Waals surface area contributed by atoms with Crippen molar-refractivity contribution < 1.29 is 14.4 Å². The highest BCUT2D eigenvalue weighted by Gasteiger charge is 2.24. The summed E-state index contributed by atoms with van der Waals surface area (Å²) in [4.78, 5) is 55.6. The Bertz CT molecular complexity index is 1570. The van der Waals surface area contributed by atoms with Crippen LogP contribution in [0.15, 0.2) is 48.8 Å². The van der Waals surface area contributed by atoms with Crippen LogP contribution in [0.3, 0.4) is 0 Å². The fourth-order valence-corrected chi connectivity index (χ4v) is 4.89. The first-order chi connectivity index (χ1) is 19.2. The van der Waals surface area contributed by atoms with E-state index in [-0.39, 0.29) is 18.2 Å². The summed E-state index contributed by atoms with van der Waals surface area (Å²) in [7, 11) is 0. The molecule has 5 rings (SSSR count). The number of rotatable bonds is 8. The number of hydrogen-bond donors (Lipinski definition) is 4. The van der Waals surface area contributed by atoms with Gasteiger partial charge in [-0.25, -0.2) is 19.7 Å². The summed E-state index contributed by atoms with van der Waals surface area (Å²) in [5.41, 5.74) is 2.76. The fourth-order valence-electron chi connectivity index (χ4n) is 3.91. The Labute approximate surface area is 238 Å². The first-order valence-electron chi connectivity index (χ1n) is 12.2. The summed E-state index contributed by atoms with van der Waals surface area (Å²) < 4.78 is 0. The van der Waals surface area contributed by atoms with Crippen molar-refractivity contribution in [1.29, 1.82) is 0 Å². The molecule has 14 heteroatoms. The normalized spacial score (nSPS) is 13.1. The minimum atomic E-state index is -0.455. The van der Waals surface area contributed by atoms with Crippen LogP contribution in [0.2, 0.25) is 5.02 Å². The van der Waals surface area contributed by atoms with E-state index in [9.17, 15) is 14.4 Å². The van der Waals surface area contributed by atoms with Gasteiger partial charge in [0.25, 0.3) is 5.91 Å². The number of hydrogen-bond acceptors (Lipinski definition) is 10. The zero-order valence-corrected chi connectivity index (χ0v) is 23.1. The Balaban J connectivity index is 1.20. The monoisotopic (exact) mass is 577 g/mol. The lowest BCUT2D eigenvalue weighted by atomic mass is 10.2. The second kappa shape index (κ2) is 11.6. The molecule has 3 aromatic heterocycles. The van der Waals surface area contributed by atoms with Crippen LogP contribution in [-0.2, 0) is 11.3 Å².